The van der Waals surface area contributed by atoms with E-state index in [1.165, 1.54) is 18.4 Å². The van der Waals surface area contributed by atoms with E-state index in [0.717, 1.165) is 24.6 Å². The van der Waals surface area contributed by atoms with Crippen molar-refractivity contribution in [3.63, 3.8) is 0 Å². The van der Waals surface area contributed by atoms with Crippen LogP contribution in [0.2, 0.25) is 0 Å². The van der Waals surface area contributed by atoms with Crippen LogP contribution in [0.3, 0.4) is 0 Å². The lowest BCUT2D eigenvalue weighted by Gasteiger charge is -2.20. The van der Waals surface area contributed by atoms with E-state index in [9.17, 15) is 0 Å². The standard InChI is InChI=1S/C18H31NO/c1-6-15(2)10-11-16-8-7-9-17(14-16)20-13-12-19-18(3,4)5/h7-9,14-15,19H,6,10-13H2,1-5H3. The molecule has 1 aromatic rings. The zero-order chi connectivity index (χ0) is 15.0. The van der Waals surface area contributed by atoms with Crippen molar-refractivity contribution < 1.29 is 4.74 Å². The van der Waals surface area contributed by atoms with Crippen LogP contribution in [0.5, 0.6) is 5.75 Å². The van der Waals surface area contributed by atoms with Gasteiger partial charge in [0.15, 0.2) is 0 Å². The highest BCUT2D eigenvalue weighted by atomic mass is 16.5. The van der Waals surface area contributed by atoms with E-state index in [2.05, 4.69) is 58.1 Å². The molecule has 114 valence electrons. The zero-order valence-corrected chi connectivity index (χ0v) is 13.8. The average molecular weight is 277 g/mol. The third kappa shape index (κ3) is 7.54. The van der Waals surface area contributed by atoms with Crippen molar-refractivity contribution in [2.45, 2.75) is 59.4 Å². The predicted octanol–water partition coefficient (Wildman–Crippen LogP) is 4.43. The predicted molar refractivity (Wildman–Crippen MR) is 87.5 cm³/mol. The maximum atomic E-state index is 5.81. The van der Waals surface area contributed by atoms with E-state index in [0.29, 0.717) is 6.61 Å². The molecule has 20 heavy (non-hydrogen) atoms. The summed E-state index contributed by atoms with van der Waals surface area (Å²) < 4.78 is 5.81. The third-order valence-electron chi connectivity index (χ3n) is 3.55. The second kappa shape index (κ2) is 8.31. The van der Waals surface area contributed by atoms with E-state index in [1.807, 2.05) is 6.07 Å². The zero-order valence-electron chi connectivity index (χ0n) is 13.8. The molecule has 1 rings (SSSR count). The Bertz CT molecular complexity index is 381. The highest BCUT2D eigenvalue weighted by Gasteiger charge is 2.07. The summed E-state index contributed by atoms with van der Waals surface area (Å²) in [5.41, 5.74) is 1.54. The van der Waals surface area contributed by atoms with Gasteiger partial charge in [-0.3, -0.25) is 0 Å². The average Bonchev–Trinajstić information content (AvgIpc) is 2.40. The molecule has 0 fully saturated rings. The maximum absolute atomic E-state index is 5.81. The molecule has 1 unspecified atom stereocenters. The first kappa shape index (κ1) is 17.0. The number of nitrogens with one attached hydrogen (secondary N) is 1. The van der Waals surface area contributed by atoms with Crippen molar-refractivity contribution in [2.24, 2.45) is 5.92 Å². The Morgan fingerprint density at radius 1 is 1.25 bits per heavy atom. The van der Waals surface area contributed by atoms with Gasteiger partial charge in [0, 0.05) is 12.1 Å². The summed E-state index contributed by atoms with van der Waals surface area (Å²) >= 11 is 0. The van der Waals surface area contributed by atoms with Crippen molar-refractivity contribution in [2.75, 3.05) is 13.2 Å². The lowest BCUT2D eigenvalue weighted by atomic mass is 9.99. The Morgan fingerprint density at radius 2 is 2.00 bits per heavy atom. The van der Waals surface area contributed by atoms with Crippen LogP contribution >= 0.6 is 0 Å². The molecule has 0 radical (unpaired) electrons. The molecular weight excluding hydrogens is 246 g/mol. The minimum absolute atomic E-state index is 0.154. The molecule has 0 aromatic heterocycles. The molecule has 0 spiro atoms. The molecule has 0 aliphatic rings. The monoisotopic (exact) mass is 277 g/mol. The molecule has 0 bridgehead atoms. The highest BCUT2D eigenvalue weighted by molar-refractivity contribution is 5.28. The van der Waals surface area contributed by atoms with Crippen LogP contribution in [-0.2, 0) is 6.42 Å². The Kier molecular flexibility index (Phi) is 7.08. The number of aryl methyl sites for hydroxylation is 1. The summed E-state index contributed by atoms with van der Waals surface area (Å²) in [4.78, 5) is 0. The number of rotatable bonds is 8. The van der Waals surface area contributed by atoms with E-state index >= 15 is 0 Å². The molecule has 2 heteroatoms. The fraction of sp³-hybridized carbons (Fsp3) is 0.667. The molecule has 1 N–H and O–H groups in total. The third-order valence-corrected chi connectivity index (χ3v) is 3.55. The van der Waals surface area contributed by atoms with Gasteiger partial charge in [0.1, 0.15) is 12.4 Å². The molecule has 1 atom stereocenters. The van der Waals surface area contributed by atoms with Crippen molar-refractivity contribution in [1.29, 1.82) is 0 Å². The summed E-state index contributed by atoms with van der Waals surface area (Å²) in [6.45, 7) is 12.7. The van der Waals surface area contributed by atoms with Crippen LogP contribution in [0, 0.1) is 5.92 Å². The summed E-state index contributed by atoms with van der Waals surface area (Å²) in [5.74, 6) is 1.79. The number of hydrogen-bond donors (Lipinski definition) is 1. The number of ether oxygens (including phenoxy) is 1. The lowest BCUT2D eigenvalue weighted by Crippen LogP contribution is -2.38. The van der Waals surface area contributed by atoms with Crippen LogP contribution in [0.1, 0.15) is 53.0 Å². The maximum Gasteiger partial charge on any atom is 0.119 e. The summed E-state index contributed by atoms with van der Waals surface area (Å²) in [7, 11) is 0. The van der Waals surface area contributed by atoms with Gasteiger partial charge in [-0.25, -0.2) is 0 Å². The van der Waals surface area contributed by atoms with Gasteiger partial charge in [0.2, 0.25) is 0 Å². The van der Waals surface area contributed by atoms with Gasteiger partial charge in [-0.1, -0.05) is 32.4 Å². The largest absolute Gasteiger partial charge is 0.492 e. The van der Waals surface area contributed by atoms with E-state index in [-0.39, 0.29) is 5.54 Å². The smallest absolute Gasteiger partial charge is 0.119 e. The van der Waals surface area contributed by atoms with Gasteiger partial charge in [-0.15, -0.1) is 0 Å². The molecular formula is C18H31NO. The van der Waals surface area contributed by atoms with Crippen molar-refractivity contribution in [3.05, 3.63) is 29.8 Å². The van der Waals surface area contributed by atoms with Crippen LogP contribution in [0.4, 0.5) is 0 Å². The van der Waals surface area contributed by atoms with Crippen molar-refractivity contribution in [3.8, 4) is 5.75 Å². The fourth-order valence-corrected chi connectivity index (χ4v) is 2.00. The Balaban J connectivity index is 2.36. The van der Waals surface area contributed by atoms with Gasteiger partial charge in [0.05, 0.1) is 0 Å². The Morgan fingerprint density at radius 3 is 2.65 bits per heavy atom. The van der Waals surface area contributed by atoms with Gasteiger partial charge in [-0.2, -0.15) is 0 Å². The molecule has 0 saturated carbocycles. The number of hydrogen-bond acceptors (Lipinski definition) is 2. The molecule has 0 saturated heterocycles. The number of benzene rings is 1. The molecule has 0 heterocycles. The summed E-state index contributed by atoms with van der Waals surface area (Å²) in [6.07, 6.45) is 3.66. The van der Waals surface area contributed by atoms with Crippen LogP contribution < -0.4 is 10.1 Å². The normalized spacial score (nSPS) is 13.2. The second-order valence-electron chi connectivity index (χ2n) is 6.72. The van der Waals surface area contributed by atoms with Crippen molar-refractivity contribution >= 4 is 0 Å². The summed E-state index contributed by atoms with van der Waals surface area (Å²) in [6, 6.07) is 8.52. The molecule has 2 nitrogen and oxygen atoms in total. The lowest BCUT2D eigenvalue weighted by molar-refractivity contribution is 0.290. The Labute approximate surface area is 124 Å². The van der Waals surface area contributed by atoms with Crippen LogP contribution in [-0.4, -0.2) is 18.7 Å². The van der Waals surface area contributed by atoms with Gasteiger partial charge in [0.25, 0.3) is 0 Å². The Hall–Kier alpha value is -1.02. The van der Waals surface area contributed by atoms with Gasteiger partial charge in [-0.05, 0) is 57.2 Å². The molecule has 0 aliphatic carbocycles. The van der Waals surface area contributed by atoms with E-state index in [1.54, 1.807) is 0 Å². The first-order valence-corrected chi connectivity index (χ1v) is 7.87. The molecule has 0 aliphatic heterocycles. The van der Waals surface area contributed by atoms with Gasteiger partial charge < -0.3 is 10.1 Å². The van der Waals surface area contributed by atoms with E-state index < -0.39 is 0 Å². The van der Waals surface area contributed by atoms with Gasteiger partial charge >= 0.3 is 0 Å². The molecule has 0 amide bonds. The minimum atomic E-state index is 0.154. The highest BCUT2D eigenvalue weighted by Crippen LogP contribution is 2.17. The first-order valence-electron chi connectivity index (χ1n) is 7.87. The van der Waals surface area contributed by atoms with Crippen LogP contribution in [0.25, 0.3) is 0 Å². The van der Waals surface area contributed by atoms with Crippen molar-refractivity contribution in [1.82, 2.24) is 5.32 Å². The molecule has 1 aromatic carbocycles. The van der Waals surface area contributed by atoms with E-state index in [4.69, 9.17) is 4.74 Å². The second-order valence-corrected chi connectivity index (χ2v) is 6.72. The quantitative estimate of drug-likeness (QED) is 0.710. The topological polar surface area (TPSA) is 21.3 Å². The van der Waals surface area contributed by atoms with Crippen LogP contribution in [0.15, 0.2) is 24.3 Å². The fourth-order valence-electron chi connectivity index (χ4n) is 2.00. The minimum Gasteiger partial charge on any atom is -0.492 e. The SMILES string of the molecule is CCC(C)CCc1cccc(OCCNC(C)(C)C)c1. The summed E-state index contributed by atoms with van der Waals surface area (Å²) in [5, 5.41) is 3.43. The first-order chi connectivity index (χ1) is 9.40.